The first-order chi connectivity index (χ1) is 11.4. The maximum Gasteiger partial charge on any atom is 0.416 e. The fraction of sp³-hybridized carbons (Fsp3) is 0.500. The molecule has 130 valence electrons. The van der Waals surface area contributed by atoms with Gasteiger partial charge in [0.2, 0.25) is 0 Å². The zero-order chi connectivity index (χ0) is 17.4. The van der Waals surface area contributed by atoms with Crippen molar-refractivity contribution in [3.05, 3.63) is 35.4 Å². The second-order valence-electron chi connectivity index (χ2n) is 5.91. The number of aliphatic imine (C=N–C) groups is 1. The number of benzene rings is 1. The van der Waals surface area contributed by atoms with Crippen LogP contribution in [0.4, 0.5) is 13.2 Å². The van der Waals surface area contributed by atoms with Crippen LogP contribution in [0.15, 0.2) is 29.3 Å². The van der Waals surface area contributed by atoms with E-state index < -0.39 is 11.7 Å². The monoisotopic (exact) mass is 337 g/mol. The van der Waals surface area contributed by atoms with Gasteiger partial charge in [-0.15, -0.1) is 0 Å². The van der Waals surface area contributed by atoms with Crippen molar-refractivity contribution >= 4 is 5.96 Å². The van der Waals surface area contributed by atoms with Gasteiger partial charge < -0.3 is 11.1 Å². The predicted octanol–water partition coefficient (Wildman–Crippen LogP) is 3.68. The fourth-order valence-electron chi connectivity index (χ4n) is 2.69. The minimum absolute atomic E-state index is 0.215. The van der Waals surface area contributed by atoms with E-state index >= 15 is 0 Å². The van der Waals surface area contributed by atoms with Crippen LogP contribution in [0.5, 0.6) is 0 Å². The first-order valence-electron chi connectivity index (χ1n) is 8.18. The van der Waals surface area contributed by atoms with Crippen molar-refractivity contribution in [2.45, 2.75) is 50.7 Å². The molecule has 0 radical (unpaired) electrons. The summed E-state index contributed by atoms with van der Waals surface area (Å²) in [5, 5.41) is 3.22. The molecule has 1 aliphatic rings. The highest BCUT2D eigenvalue weighted by Gasteiger charge is 2.29. The quantitative estimate of drug-likeness (QED) is 0.374. The van der Waals surface area contributed by atoms with Gasteiger partial charge in [-0.3, -0.25) is 0 Å². The summed E-state index contributed by atoms with van der Waals surface area (Å²) in [5.41, 5.74) is 5.69. The van der Waals surface area contributed by atoms with Gasteiger partial charge in [0.1, 0.15) is 6.54 Å². The number of nitrogens with two attached hydrogens (primary N) is 1. The van der Waals surface area contributed by atoms with Crippen LogP contribution in [-0.4, -0.2) is 18.5 Å². The van der Waals surface area contributed by atoms with Crippen LogP contribution in [0.3, 0.4) is 0 Å². The molecule has 2 rings (SSSR count). The van der Waals surface area contributed by atoms with E-state index in [1.165, 1.54) is 37.8 Å². The predicted molar refractivity (Wildman–Crippen MR) is 89.4 cm³/mol. The molecule has 6 heteroatoms. The Morgan fingerprint density at radius 2 is 1.75 bits per heavy atom. The van der Waals surface area contributed by atoms with E-state index in [2.05, 4.69) is 22.2 Å². The third kappa shape index (κ3) is 6.15. The SMILES string of the molecule is NC(=NCC#Cc1ccc(C(F)(F)F)cc1)NC1CCCCCC1. The van der Waals surface area contributed by atoms with E-state index in [1.807, 2.05) is 0 Å². The number of nitrogens with one attached hydrogen (secondary N) is 1. The van der Waals surface area contributed by atoms with Crippen molar-refractivity contribution in [2.24, 2.45) is 10.7 Å². The van der Waals surface area contributed by atoms with Crippen molar-refractivity contribution in [3.8, 4) is 11.8 Å². The molecular formula is C18H22F3N3. The van der Waals surface area contributed by atoms with Crippen molar-refractivity contribution in [1.29, 1.82) is 0 Å². The van der Waals surface area contributed by atoms with Crippen molar-refractivity contribution in [2.75, 3.05) is 6.54 Å². The summed E-state index contributed by atoms with van der Waals surface area (Å²) >= 11 is 0. The number of halogens is 3. The molecule has 24 heavy (non-hydrogen) atoms. The maximum atomic E-state index is 12.5. The zero-order valence-electron chi connectivity index (χ0n) is 13.5. The number of rotatable bonds is 2. The highest BCUT2D eigenvalue weighted by Crippen LogP contribution is 2.28. The Morgan fingerprint density at radius 3 is 2.33 bits per heavy atom. The van der Waals surface area contributed by atoms with E-state index in [0.717, 1.165) is 25.0 Å². The average molecular weight is 337 g/mol. The molecule has 1 saturated carbocycles. The average Bonchev–Trinajstić information content (AvgIpc) is 2.80. The summed E-state index contributed by atoms with van der Waals surface area (Å²) in [4.78, 5) is 4.15. The second-order valence-corrected chi connectivity index (χ2v) is 5.91. The number of hydrogen-bond donors (Lipinski definition) is 2. The van der Waals surface area contributed by atoms with Gasteiger partial charge in [0.05, 0.1) is 5.56 Å². The molecule has 0 unspecified atom stereocenters. The molecule has 1 aliphatic carbocycles. The molecule has 0 bridgehead atoms. The molecule has 0 atom stereocenters. The molecule has 3 N–H and O–H groups in total. The molecule has 0 saturated heterocycles. The molecule has 1 aromatic carbocycles. The topological polar surface area (TPSA) is 50.4 Å². The minimum Gasteiger partial charge on any atom is -0.370 e. The van der Waals surface area contributed by atoms with Gasteiger partial charge in [0.25, 0.3) is 0 Å². The van der Waals surface area contributed by atoms with E-state index in [9.17, 15) is 13.2 Å². The van der Waals surface area contributed by atoms with E-state index in [0.29, 0.717) is 17.6 Å². The molecular weight excluding hydrogens is 315 g/mol. The summed E-state index contributed by atoms with van der Waals surface area (Å²) < 4.78 is 37.4. The summed E-state index contributed by atoms with van der Waals surface area (Å²) in [6.07, 6.45) is 2.84. The number of hydrogen-bond acceptors (Lipinski definition) is 1. The Kier molecular flexibility index (Phi) is 6.53. The van der Waals surface area contributed by atoms with Gasteiger partial charge in [-0.25, -0.2) is 4.99 Å². The van der Waals surface area contributed by atoms with Crippen LogP contribution in [-0.2, 0) is 6.18 Å². The Hall–Kier alpha value is -2.16. The smallest absolute Gasteiger partial charge is 0.370 e. The van der Waals surface area contributed by atoms with Gasteiger partial charge in [-0.05, 0) is 37.1 Å². The Balaban J connectivity index is 1.83. The van der Waals surface area contributed by atoms with Gasteiger partial charge in [-0.2, -0.15) is 13.2 Å². The molecule has 0 aromatic heterocycles. The van der Waals surface area contributed by atoms with Crippen LogP contribution >= 0.6 is 0 Å². The summed E-state index contributed by atoms with van der Waals surface area (Å²) in [5.74, 6) is 5.96. The highest BCUT2D eigenvalue weighted by molar-refractivity contribution is 5.78. The Bertz CT molecular complexity index is 601. The lowest BCUT2D eigenvalue weighted by Crippen LogP contribution is -2.39. The van der Waals surface area contributed by atoms with Gasteiger partial charge in [-0.1, -0.05) is 37.5 Å². The number of nitrogens with zero attached hydrogens (tertiary/aromatic N) is 1. The maximum absolute atomic E-state index is 12.5. The van der Waals surface area contributed by atoms with Crippen LogP contribution in [0, 0.1) is 11.8 Å². The highest BCUT2D eigenvalue weighted by atomic mass is 19.4. The van der Waals surface area contributed by atoms with Crippen LogP contribution in [0.1, 0.15) is 49.7 Å². The van der Waals surface area contributed by atoms with Crippen LogP contribution < -0.4 is 11.1 Å². The molecule has 1 aromatic rings. The Labute approximate surface area is 140 Å². The van der Waals surface area contributed by atoms with E-state index in [4.69, 9.17) is 5.73 Å². The molecule has 0 spiro atoms. The zero-order valence-corrected chi connectivity index (χ0v) is 13.5. The van der Waals surface area contributed by atoms with Crippen LogP contribution in [0.2, 0.25) is 0 Å². The standard InChI is InChI=1S/C18H22F3N3/c19-18(20,21)15-11-9-14(10-12-15)6-5-13-23-17(22)24-16-7-3-1-2-4-8-16/h9-12,16H,1-4,7-8,13H2,(H3,22,23,24). The van der Waals surface area contributed by atoms with Gasteiger partial charge in [0, 0.05) is 11.6 Å². The normalized spacial score (nSPS) is 16.9. The summed E-state index contributed by atoms with van der Waals surface area (Å²) in [7, 11) is 0. The molecule has 0 aliphatic heterocycles. The van der Waals surface area contributed by atoms with Crippen LogP contribution in [0.25, 0.3) is 0 Å². The Morgan fingerprint density at radius 1 is 1.12 bits per heavy atom. The lowest BCUT2D eigenvalue weighted by Gasteiger charge is -2.16. The molecule has 1 fully saturated rings. The number of guanidine groups is 1. The summed E-state index contributed by atoms with van der Waals surface area (Å²) in [6, 6.07) is 5.13. The third-order valence-electron chi connectivity index (χ3n) is 3.98. The van der Waals surface area contributed by atoms with Crippen molar-refractivity contribution in [3.63, 3.8) is 0 Å². The fourth-order valence-corrected chi connectivity index (χ4v) is 2.69. The van der Waals surface area contributed by atoms with Crippen molar-refractivity contribution in [1.82, 2.24) is 5.32 Å². The number of alkyl halides is 3. The van der Waals surface area contributed by atoms with Gasteiger partial charge >= 0.3 is 6.18 Å². The second kappa shape index (κ2) is 8.62. The van der Waals surface area contributed by atoms with E-state index in [-0.39, 0.29) is 6.54 Å². The minimum atomic E-state index is -4.33. The van der Waals surface area contributed by atoms with E-state index in [1.54, 1.807) is 0 Å². The molecule has 0 heterocycles. The van der Waals surface area contributed by atoms with Crippen molar-refractivity contribution < 1.29 is 13.2 Å². The first kappa shape index (κ1) is 18.2. The summed E-state index contributed by atoms with van der Waals surface area (Å²) in [6.45, 7) is 0.215. The van der Waals surface area contributed by atoms with Gasteiger partial charge in [0.15, 0.2) is 5.96 Å². The first-order valence-corrected chi connectivity index (χ1v) is 8.18. The lowest BCUT2D eigenvalue weighted by atomic mass is 10.1. The largest absolute Gasteiger partial charge is 0.416 e. The molecule has 0 amide bonds. The molecule has 3 nitrogen and oxygen atoms in total. The lowest BCUT2D eigenvalue weighted by molar-refractivity contribution is -0.137. The third-order valence-corrected chi connectivity index (χ3v) is 3.98.